The maximum absolute atomic E-state index is 11.0. The average Bonchev–Trinajstić information content (AvgIpc) is 2.69. The lowest BCUT2D eigenvalue weighted by atomic mass is 10.5. The molecular formula is C6H3ClN6O. The molecule has 0 aliphatic heterocycles. The van der Waals surface area contributed by atoms with Gasteiger partial charge in [0.15, 0.2) is 10.8 Å². The topological polar surface area (TPSA) is 91.7 Å². The highest BCUT2D eigenvalue weighted by Crippen LogP contribution is 2.16. The molecule has 8 heteroatoms. The summed E-state index contributed by atoms with van der Waals surface area (Å²) in [5.74, 6) is 0.345. The fraction of sp³-hybridized carbons (Fsp3) is 0. The Kier molecular flexibility index (Phi) is 1.25. The van der Waals surface area contributed by atoms with Crippen LogP contribution >= 0.6 is 11.6 Å². The van der Waals surface area contributed by atoms with Crippen molar-refractivity contribution < 1.29 is 0 Å². The number of fused-ring (bicyclic) bond motifs is 3. The van der Waals surface area contributed by atoms with Crippen LogP contribution in [-0.2, 0) is 0 Å². The molecule has 0 saturated heterocycles. The summed E-state index contributed by atoms with van der Waals surface area (Å²) in [4.78, 5) is 23.9. The monoisotopic (exact) mass is 210 g/mol. The Morgan fingerprint density at radius 3 is 3.14 bits per heavy atom. The molecule has 2 N–H and O–H groups in total. The van der Waals surface area contributed by atoms with Crippen LogP contribution in [0.3, 0.4) is 0 Å². The molecule has 0 atom stereocenters. The molecule has 0 aromatic carbocycles. The molecule has 3 aromatic rings. The first-order valence-corrected chi connectivity index (χ1v) is 4.11. The van der Waals surface area contributed by atoms with Crippen molar-refractivity contribution in [1.29, 1.82) is 0 Å². The Balaban J connectivity index is 2.72. The molecule has 0 spiro atoms. The van der Waals surface area contributed by atoms with Crippen LogP contribution in [0.5, 0.6) is 0 Å². The Morgan fingerprint density at radius 2 is 2.29 bits per heavy atom. The van der Waals surface area contributed by atoms with Gasteiger partial charge in [-0.15, -0.1) is 0 Å². The number of nitrogens with one attached hydrogen (secondary N) is 2. The van der Waals surface area contributed by atoms with Crippen LogP contribution in [0.1, 0.15) is 0 Å². The molecule has 0 aliphatic rings. The van der Waals surface area contributed by atoms with E-state index in [1.807, 2.05) is 0 Å². The number of aromatic nitrogens is 6. The molecule has 0 radical (unpaired) electrons. The fourth-order valence-corrected chi connectivity index (χ4v) is 1.51. The third-order valence-electron chi connectivity index (χ3n) is 1.85. The van der Waals surface area contributed by atoms with Crippen LogP contribution in [0.25, 0.3) is 16.9 Å². The van der Waals surface area contributed by atoms with Crippen molar-refractivity contribution in [1.82, 2.24) is 29.5 Å². The van der Waals surface area contributed by atoms with Gasteiger partial charge in [0.1, 0.15) is 11.8 Å². The predicted octanol–water partition coefficient (Wildman–Crippen LogP) is -0.0527. The lowest BCUT2D eigenvalue weighted by molar-refractivity contribution is 0.966. The van der Waals surface area contributed by atoms with Crippen LogP contribution < -0.4 is 5.69 Å². The number of rotatable bonds is 0. The summed E-state index contributed by atoms with van der Waals surface area (Å²) in [6.45, 7) is 0. The number of hydrogen-bond donors (Lipinski definition) is 2. The van der Waals surface area contributed by atoms with E-state index in [2.05, 4.69) is 25.0 Å². The normalized spacial score (nSPS) is 11.5. The minimum absolute atomic E-state index is 0.193. The summed E-state index contributed by atoms with van der Waals surface area (Å²) in [6.07, 6.45) is 1.34. The van der Waals surface area contributed by atoms with E-state index in [4.69, 9.17) is 11.6 Å². The zero-order valence-corrected chi connectivity index (χ0v) is 7.41. The molecule has 0 fully saturated rings. The smallest absolute Gasteiger partial charge is 0.302 e. The maximum atomic E-state index is 11.0. The zero-order valence-electron chi connectivity index (χ0n) is 6.65. The van der Waals surface area contributed by atoms with Crippen molar-refractivity contribution in [2.75, 3.05) is 0 Å². The van der Waals surface area contributed by atoms with E-state index in [1.54, 1.807) is 0 Å². The zero-order chi connectivity index (χ0) is 9.71. The Hall–Kier alpha value is -1.89. The van der Waals surface area contributed by atoms with Crippen molar-refractivity contribution in [2.45, 2.75) is 0 Å². The van der Waals surface area contributed by atoms with E-state index in [0.717, 1.165) is 0 Å². The second-order valence-corrected chi connectivity index (χ2v) is 3.04. The third kappa shape index (κ3) is 0.814. The van der Waals surface area contributed by atoms with Crippen molar-refractivity contribution in [2.24, 2.45) is 0 Å². The Morgan fingerprint density at radius 1 is 1.43 bits per heavy atom. The lowest BCUT2D eigenvalue weighted by Gasteiger charge is -1.94. The summed E-state index contributed by atoms with van der Waals surface area (Å²) < 4.78 is 1.40. The van der Waals surface area contributed by atoms with Crippen molar-refractivity contribution in [3.8, 4) is 0 Å². The highest BCUT2D eigenvalue weighted by atomic mass is 35.5. The number of aromatic amines is 2. The number of hydrogen-bond acceptors (Lipinski definition) is 4. The van der Waals surface area contributed by atoms with Crippen LogP contribution in [0.15, 0.2) is 11.1 Å². The second kappa shape index (κ2) is 2.32. The third-order valence-corrected chi connectivity index (χ3v) is 2.13. The summed E-state index contributed by atoms with van der Waals surface area (Å²) in [6, 6.07) is 0. The SMILES string of the molecule is O=c1[nH]c2c(Cl)nc3ncnn3c2[nH]1. The molecule has 0 amide bonds. The van der Waals surface area contributed by atoms with Gasteiger partial charge in [0.25, 0.3) is 5.78 Å². The molecule has 3 heterocycles. The molecule has 3 rings (SSSR count). The van der Waals surface area contributed by atoms with E-state index < -0.39 is 0 Å². The molecular weight excluding hydrogens is 208 g/mol. The van der Waals surface area contributed by atoms with Gasteiger partial charge in [0.2, 0.25) is 0 Å². The minimum Gasteiger partial charge on any atom is -0.302 e. The van der Waals surface area contributed by atoms with Crippen LogP contribution in [0.2, 0.25) is 5.15 Å². The van der Waals surface area contributed by atoms with Gasteiger partial charge in [-0.25, -0.2) is 4.79 Å². The highest BCUT2D eigenvalue weighted by Gasteiger charge is 2.10. The first-order chi connectivity index (χ1) is 6.75. The first-order valence-electron chi connectivity index (χ1n) is 3.73. The van der Waals surface area contributed by atoms with Crippen molar-refractivity contribution in [3.63, 3.8) is 0 Å². The molecule has 0 saturated carbocycles. The molecule has 14 heavy (non-hydrogen) atoms. The van der Waals surface area contributed by atoms with Gasteiger partial charge in [0, 0.05) is 0 Å². The van der Waals surface area contributed by atoms with E-state index in [9.17, 15) is 4.79 Å². The van der Waals surface area contributed by atoms with Gasteiger partial charge < -0.3 is 4.98 Å². The summed E-state index contributed by atoms with van der Waals surface area (Å²) in [5, 5.41) is 4.09. The standard InChI is InChI=1S/C6H3ClN6O/c7-3-2-4(12-6(14)10-2)13-5(11-3)8-1-9-13/h1H,(H2,10,12,14). The molecule has 7 nitrogen and oxygen atoms in total. The first kappa shape index (κ1) is 7.51. The van der Waals surface area contributed by atoms with Crippen molar-refractivity contribution in [3.05, 3.63) is 22.0 Å². The van der Waals surface area contributed by atoms with E-state index in [-0.39, 0.29) is 10.8 Å². The summed E-state index contributed by atoms with van der Waals surface area (Å²) in [5.41, 5.74) is 0.531. The van der Waals surface area contributed by atoms with Crippen molar-refractivity contribution >= 4 is 28.5 Å². The number of halogens is 1. The second-order valence-electron chi connectivity index (χ2n) is 2.68. The fourth-order valence-electron chi connectivity index (χ4n) is 1.30. The van der Waals surface area contributed by atoms with Gasteiger partial charge in [-0.05, 0) is 0 Å². The largest absolute Gasteiger partial charge is 0.325 e. The van der Waals surface area contributed by atoms with Crippen LogP contribution in [0, 0.1) is 0 Å². The highest BCUT2D eigenvalue weighted by molar-refractivity contribution is 6.33. The summed E-state index contributed by atoms with van der Waals surface area (Å²) in [7, 11) is 0. The Labute approximate surface area is 80.8 Å². The molecule has 70 valence electrons. The minimum atomic E-state index is -0.355. The summed E-state index contributed by atoms with van der Waals surface area (Å²) >= 11 is 5.82. The van der Waals surface area contributed by atoms with Gasteiger partial charge in [-0.3, -0.25) is 4.98 Å². The van der Waals surface area contributed by atoms with E-state index in [1.165, 1.54) is 10.8 Å². The van der Waals surface area contributed by atoms with Crippen LogP contribution in [0.4, 0.5) is 0 Å². The molecule has 0 aliphatic carbocycles. The van der Waals surface area contributed by atoms with Gasteiger partial charge in [-0.2, -0.15) is 19.6 Å². The quantitative estimate of drug-likeness (QED) is 0.509. The number of H-pyrrole nitrogens is 2. The molecule has 0 bridgehead atoms. The van der Waals surface area contributed by atoms with E-state index in [0.29, 0.717) is 16.9 Å². The predicted molar refractivity (Wildman–Crippen MR) is 48.3 cm³/mol. The molecule has 3 aromatic heterocycles. The number of nitrogens with zero attached hydrogens (tertiary/aromatic N) is 4. The van der Waals surface area contributed by atoms with E-state index >= 15 is 0 Å². The van der Waals surface area contributed by atoms with Crippen LogP contribution in [-0.4, -0.2) is 29.5 Å². The maximum Gasteiger partial charge on any atom is 0.325 e. The van der Waals surface area contributed by atoms with Gasteiger partial charge in [0.05, 0.1) is 0 Å². The van der Waals surface area contributed by atoms with Gasteiger partial charge >= 0.3 is 5.69 Å². The molecule has 0 unspecified atom stereocenters. The average molecular weight is 211 g/mol. The van der Waals surface area contributed by atoms with Gasteiger partial charge in [-0.1, -0.05) is 11.6 Å². The Bertz CT molecular complexity index is 678. The number of imidazole rings is 1. The lowest BCUT2D eigenvalue weighted by Crippen LogP contribution is -2.00.